The molecule has 1 amide bonds. The highest BCUT2D eigenvalue weighted by Gasteiger charge is 2.29. The molecule has 134 valence electrons. The first-order chi connectivity index (χ1) is 11.9. The molecule has 0 aromatic heterocycles. The number of amides is 1. The van der Waals surface area contributed by atoms with Crippen LogP contribution in [-0.2, 0) is 9.53 Å². The van der Waals surface area contributed by atoms with Gasteiger partial charge in [-0.15, -0.1) is 0 Å². The van der Waals surface area contributed by atoms with Crippen LogP contribution in [0.3, 0.4) is 0 Å². The lowest BCUT2D eigenvalue weighted by molar-refractivity contribution is -0.384. The zero-order chi connectivity index (χ0) is 18.0. The third-order valence-electron chi connectivity index (χ3n) is 4.21. The van der Waals surface area contributed by atoms with Crippen molar-refractivity contribution in [2.45, 2.75) is 31.4 Å². The van der Waals surface area contributed by atoms with E-state index in [0.29, 0.717) is 12.2 Å². The van der Waals surface area contributed by atoms with Crippen molar-refractivity contribution in [2.24, 2.45) is 0 Å². The fourth-order valence-corrected chi connectivity index (χ4v) is 2.79. The second-order valence-corrected chi connectivity index (χ2v) is 6.25. The molecule has 1 atom stereocenters. The van der Waals surface area contributed by atoms with E-state index >= 15 is 0 Å². The van der Waals surface area contributed by atoms with Crippen LogP contribution >= 0.6 is 0 Å². The molecule has 1 aromatic rings. The summed E-state index contributed by atoms with van der Waals surface area (Å²) in [7, 11) is 0. The Morgan fingerprint density at radius 1 is 1.40 bits per heavy atom. The van der Waals surface area contributed by atoms with Crippen LogP contribution in [0.1, 0.15) is 29.6 Å². The summed E-state index contributed by atoms with van der Waals surface area (Å²) >= 11 is 0. The standard InChI is InChI=1S/C16H19N3O6/c20-15(21)8-12-9-18(5-6-25-12)16(22)10-1-4-13(17-11-2-3-11)14(7-10)19(23)24/h1,4,7,11-12,17H,2-3,5-6,8-9H2,(H,20,21). The van der Waals surface area contributed by atoms with Crippen LogP contribution in [0.5, 0.6) is 0 Å². The first-order valence-corrected chi connectivity index (χ1v) is 8.11. The third kappa shape index (κ3) is 4.24. The Hall–Kier alpha value is -2.68. The van der Waals surface area contributed by atoms with Crippen molar-refractivity contribution < 1.29 is 24.4 Å². The minimum absolute atomic E-state index is 0.131. The monoisotopic (exact) mass is 349 g/mol. The average Bonchev–Trinajstić information content (AvgIpc) is 3.38. The number of anilines is 1. The second-order valence-electron chi connectivity index (χ2n) is 6.25. The summed E-state index contributed by atoms with van der Waals surface area (Å²) in [5, 5.41) is 23.2. The number of nitro benzene ring substituents is 1. The number of carbonyl (C=O) groups excluding carboxylic acids is 1. The smallest absolute Gasteiger partial charge is 0.306 e. The van der Waals surface area contributed by atoms with Gasteiger partial charge in [-0.25, -0.2) is 0 Å². The summed E-state index contributed by atoms with van der Waals surface area (Å²) in [6.45, 7) is 0.721. The van der Waals surface area contributed by atoms with Gasteiger partial charge in [-0.2, -0.15) is 0 Å². The number of hydrogen-bond donors (Lipinski definition) is 2. The van der Waals surface area contributed by atoms with Gasteiger partial charge in [0.2, 0.25) is 0 Å². The number of benzene rings is 1. The molecule has 1 heterocycles. The van der Waals surface area contributed by atoms with Gasteiger partial charge in [0.05, 0.1) is 24.1 Å². The van der Waals surface area contributed by atoms with Gasteiger partial charge in [0.25, 0.3) is 11.6 Å². The molecule has 1 unspecified atom stereocenters. The van der Waals surface area contributed by atoms with Gasteiger partial charge in [0.1, 0.15) is 5.69 Å². The van der Waals surface area contributed by atoms with E-state index in [-0.39, 0.29) is 42.8 Å². The molecule has 1 aliphatic carbocycles. The maximum Gasteiger partial charge on any atom is 0.306 e. The maximum atomic E-state index is 12.6. The molecule has 2 fully saturated rings. The first-order valence-electron chi connectivity index (χ1n) is 8.11. The van der Waals surface area contributed by atoms with E-state index in [4.69, 9.17) is 9.84 Å². The number of nitro groups is 1. The highest BCUT2D eigenvalue weighted by Crippen LogP contribution is 2.32. The number of carbonyl (C=O) groups is 2. The van der Waals surface area contributed by atoms with Gasteiger partial charge in [-0.05, 0) is 25.0 Å². The molecule has 2 N–H and O–H groups in total. The quantitative estimate of drug-likeness (QED) is 0.589. The Morgan fingerprint density at radius 2 is 2.16 bits per heavy atom. The molecule has 1 saturated heterocycles. The van der Waals surface area contributed by atoms with E-state index in [1.54, 1.807) is 12.1 Å². The van der Waals surface area contributed by atoms with Gasteiger partial charge < -0.3 is 20.1 Å². The van der Waals surface area contributed by atoms with Gasteiger partial charge in [0.15, 0.2) is 0 Å². The van der Waals surface area contributed by atoms with E-state index in [1.807, 2.05) is 0 Å². The van der Waals surface area contributed by atoms with Gasteiger partial charge >= 0.3 is 5.97 Å². The van der Waals surface area contributed by atoms with Crippen molar-refractivity contribution in [3.63, 3.8) is 0 Å². The highest BCUT2D eigenvalue weighted by molar-refractivity contribution is 5.96. The molecule has 1 aliphatic heterocycles. The summed E-state index contributed by atoms with van der Waals surface area (Å²) in [5.41, 5.74) is 0.492. The number of carboxylic acid groups (broad SMARTS) is 1. The topological polar surface area (TPSA) is 122 Å². The molecule has 3 rings (SSSR count). The Kier molecular flexibility index (Phi) is 4.84. The molecule has 9 nitrogen and oxygen atoms in total. The minimum Gasteiger partial charge on any atom is -0.481 e. The average molecular weight is 349 g/mol. The largest absolute Gasteiger partial charge is 0.481 e. The van der Waals surface area contributed by atoms with E-state index in [9.17, 15) is 19.7 Å². The molecule has 1 aromatic carbocycles. The van der Waals surface area contributed by atoms with Crippen molar-refractivity contribution in [2.75, 3.05) is 25.0 Å². The van der Waals surface area contributed by atoms with Crippen molar-refractivity contribution in [3.8, 4) is 0 Å². The number of rotatable bonds is 6. The molecule has 0 spiro atoms. The normalized spacial score (nSPS) is 20.2. The zero-order valence-corrected chi connectivity index (χ0v) is 13.5. The lowest BCUT2D eigenvalue weighted by Gasteiger charge is -2.32. The van der Waals surface area contributed by atoms with Crippen molar-refractivity contribution >= 4 is 23.3 Å². The number of morpholine rings is 1. The number of nitrogens with zero attached hydrogens (tertiary/aromatic N) is 2. The molecule has 1 saturated carbocycles. The first kappa shape index (κ1) is 17.2. The predicted octanol–water partition coefficient (Wildman–Crippen LogP) is 1.48. The van der Waals surface area contributed by atoms with Crippen molar-refractivity contribution in [1.29, 1.82) is 0 Å². The van der Waals surface area contributed by atoms with Crippen LogP contribution < -0.4 is 5.32 Å². The van der Waals surface area contributed by atoms with E-state index in [0.717, 1.165) is 12.8 Å². The Bertz CT molecular complexity index is 703. The minimum atomic E-state index is -0.995. The summed E-state index contributed by atoms with van der Waals surface area (Å²) in [6.07, 6.45) is 1.21. The van der Waals surface area contributed by atoms with Crippen LogP contribution in [0.2, 0.25) is 0 Å². The van der Waals surface area contributed by atoms with Gasteiger partial charge in [0, 0.05) is 30.8 Å². The van der Waals surface area contributed by atoms with Crippen LogP contribution in [-0.4, -0.2) is 58.6 Å². The molecule has 25 heavy (non-hydrogen) atoms. The van der Waals surface area contributed by atoms with Crippen LogP contribution in [0, 0.1) is 10.1 Å². The summed E-state index contributed by atoms with van der Waals surface area (Å²) < 4.78 is 5.34. The number of aliphatic carboxylic acids is 1. The number of nitrogens with one attached hydrogen (secondary N) is 1. The van der Waals surface area contributed by atoms with E-state index < -0.39 is 17.0 Å². The molecule has 0 bridgehead atoms. The fourth-order valence-electron chi connectivity index (χ4n) is 2.79. The van der Waals surface area contributed by atoms with E-state index in [2.05, 4.69) is 5.32 Å². The molecular weight excluding hydrogens is 330 g/mol. The number of carboxylic acids is 1. The maximum absolute atomic E-state index is 12.6. The lowest BCUT2D eigenvalue weighted by Crippen LogP contribution is -2.46. The van der Waals surface area contributed by atoms with Crippen LogP contribution in [0.25, 0.3) is 0 Å². The Balaban J connectivity index is 1.75. The predicted molar refractivity (Wildman–Crippen MR) is 87.6 cm³/mol. The zero-order valence-electron chi connectivity index (χ0n) is 13.5. The highest BCUT2D eigenvalue weighted by atomic mass is 16.6. The summed E-state index contributed by atoms with van der Waals surface area (Å²) in [5.74, 6) is -1.36. The van der Waals surface area contributed by atoms with E-state index in [1.165, 1.54) is 11.0 Å². The Labute approximate surface area is 143 Å². The molecule has 9 heteroatoms. The summed E-state index contributed by atoms with van der Waals surface area (Å²) in [4.78, 5) is 35.7. The fraction of sp³-hybridized carbons (Fsp3) is 0.500. The molecule has 0 radical (unpaired) electrons. The Morgan fingerprint density at radius 3 is 2.80 bits per heavy atom. The van der Waals surface area contributed by atoms with Crippen molar-refractivity contribution in [3.05, 3.63) is 33.9 Å². The number of ether oxygens (including phenoxy) is 1. The second kappa shape index (κ2) is 7.06. The summed E-state index contributed by atoms with van der Waals surface area (Å²) in [6, 6.07) is 4.64. The third-order valence-corrected chi connectivity index (χ3v) is 4.21. The van der Waals surface area contributed by atoms with Gasteiger partial charge in [-0.3, -0.25) is 19.7 Å². The molecular formula is C16H19N3O6. The van der Waals surface area contributed by atoms with Crippen molar-refractivity contribution in [1.82, 2.24) is 4.90 Å². The van der Waals surface area contributed by atoms with Gasteiger partial charge in [-0.1, -0.05) is 0 Å². The molecule has 2 aliphatic rings. The van der Waals surface area contributed by atoms with Crippen LogP contribution in [0.15, 0.2) is 18.2 Å². The number of hydrogen-bond acceptors (Lipinski definition) is 6. The lowest BCUT2D eigenvalue weighted by atomic mass is 10.1. The SMILES string of the molecule is O=C(O)CC1CN(C(=O)c2ccc(NC3CC3)c([N+](=O)[O-])c2)CCO1. The van der Waals surface area contributed by atoms with Crippen LogP contribution in [0.4, 0.5) is 11.4 Å².